The van der Waals surface area contributed by atoms with E-state index in [0.29, 0.717) is 22.5 Å². The van der Waals surface area contributed by atoms with E-state index >= 15 is 0 Å². The lowest BCUT2D eigenvalue weighted by molar-refractivity contribution is 0.0941. The molecule has 1 aromatic carbocycles. The summed E-state index contributed by atoms with van der Waals surface area (Å²) in [5.74, 6) is -0.574. The van der Waals surface area contributed by atoms with E-state index in [1.807, 2.05) is 6.92 Å². The summed E-state index contributed by atoms with van der Waals surface area (Å²) in [5.41, 5.74) is 6.26. The van der Waals surface area contributed by atoms with Gasteiger partial charge in [0.05, 0.1) is 4.99 Å². The quantitative estimate of drug-likeness (QED) is 0.807. The van der Waals surface area contributed by atoms with Crippen LogP contribution in [-0.2, 0) is 0 Å². The number of nitrogens with one attached hydrogen (secondary N) is 1. The zero-order valence-corrected chi connectivity index (χ0v) is 10.6. The van der Waals surface area contributed by atoms with E-state index in [1.165, 1.54) is 18.2 Å². The van der Waals surface area contributed by atoms with Gasteiger partial charge < -0.3 is 11.1 Å². The molecule has 0 fully saturated rings. The van der Waals surface area contributed by atoms with E-state index in [0.717, 1.165) is 0 Å². The third kappa shape index (κ3) is 4.11. The van der Waals surface area contributed by atoms with Crippen LogP contribution >= 0.6 is 12.2 Å². The lowest BCUT2D eigenvalue weighted by Gasteiger charge is -2.13. The van der Waals surface area contributed by atoms with E-state index in [4.69, 9.17) is 18.0 Å². The first-order valence-corrected chi connectivity index (χ1v) is 5.66. The number of rotatable bonds is 4. The Kier molecular flexibility index (Phi) is 4.57. The number of thiocarbonyl (C=S) groups is 1. The highest BCUT2D eigenvalue weighted by Gasteiger charge is 2.11. The molecule has 0 aliphatic carbocycles. The molecule has 0 spiro atoms. The molecule has 1 aromatic rings. The fraction of sp³-hybridized carbons (Fsp3) is 0.333. The van der Waals surface area contributed by atoms with E-state index in [9.17, 15) is 9.18 Å². The Morgan fingerprint density at radius 3 is 2.76 bits per heavy atom. The lowest BCUT2D eigenvalue weighted by atomic mass is 10.1. The van der Waals surface area contributed by atoms with Gasteiger partial charge in [-0.15, -0.1) is 0 Å². The van der Waals surface area contributed by atoms with Gasteiger partial charge in [0.2, 0.25) is 0 Å². The Bertz CT molecular complexity index is 448. The van der Waals surface area contributed by atoms with Gasteiger partial charge in [0.15, 0.2) is 0 Å². The number of hydrogen-bond donors (Lipinski definition) is 2. The molecule has 3 nitrogen and oxygen atoms in total. The van der Waals surface area contributed by atoms with Crippen LogP contribution in [0.3, 0.4) is 0 Å². The molecule has 0 bridgehead atoms. The average molecular weight is 254 g/mol. The number of nitrogens with two attached hydrogens (primary N) is 1. The normalized spacial score (nSPS) is 11.9. The topological polar surface area (TPSA) is 55.1 Å². The summed E-state index contributed by atoms with van der Waals surface area (Å²) in [6, 6.07) is 4.11. The molecule has 92 valence electrons. The molecule has 0 saturated carbocycles. The zero-order chi connectivity index (χ0) is 13.0. The van der Waals surface area contributed by atoms with Crippen molar-refractivity contribution >= 4 is 23.1 Å². The number of carbonyl (C=O) groups is 1. The molecule has 0 aromatic heterocycles. The third-order valence-corrected chi connectivity index (χ3v) is 2.47. The van der Waals surface area contributed by atoms with Crippen molar-refractivity contribution < 1.29 is 9.18 Å². The Balaban J connectivity index is 2.70. The molecule has 0 saturated heterocycles. The standard InChI is InChI=1S/C12H15FN2OS/c1-7-5-9(3-4-10(7)13)12(16)15-8(2)6-11(14)17/h3-5,8H,6H2,1-2H3,(H2,14,17)(H,15,16). The Morgan fingerprint density at radius 2 is 2.24 bits per heavy atom. The van der Waals surface area contributed by atoms with E-state index in [-0.39, 0.29) is 17.8 Å². The van der Waals surface area contributed by atoms with E-state index in [2.05, 4.69) is 5.32 Å². The van der Waals surface area contributed by atoms with Crippen molar-refractivity contribution in [2.45, 2.75) is 26.3 Å². The van der Waals surface area contributed by atoms with Crippen LogP contribution in [0.25, 0.3) is 0 Å². The predicted molar refractivity (Wildman–Crippen MR) is 69.5 cm³/mol. The second kappa shape index (κ2) is 5.72. The lowest BCUT2D eigenvalue weighted by Crippen LogP contribution is -2.35. The maximum atomic E-state index is 13.0. The van der Waals surface area contributed by atoms with Gasteiger partial charge in [0.25, 0.3) is 5.91 Å². The summed E-state index contributed by atoms with van der Waals surface area (Å²) in [6.45, 7) is 3.43. The largest absolute Gasteiger partial charge is 0.393 e. The smallest absolute Gasteiger partial charge is 0.251 e. The van der Waals surface area contributed by atoms with Crippen LogP contribution in [0.4, 0.5) is 4.39 Å². The van der Waals surface area contributed by atoms with Crippen molar-refractivity contribution in [3.05, 3.63) is 35.1 Å². The van der Waals surface area contributed by atoms with Crippen molar-refractivity contribution in [3.63, 3.8) is 0 Å². The van der Waals surface area contributed by atoms with Gasteiger partial charge in [-0.05, 0) is 37.6 Å². The molecule has 5 heteroatoms. The minimum atomic E-state index is -0.322. The van der Waals surface area contributed by atoms with Crippen LogP contribution in [0, 0.1) is 12.7 Å². The fourth-order valence-electron chi connectivity index (χ4n) is 1.45. The van der Waals surface area contributed by atoms with Gasteiger partial charge >= 0.3 is 0 Å². The minimum Gasteiger partial charge on any atom is -0.393 e. The van der Waals surface area contributed by atoms with Crippen LogP contribution in [0.1, 0.15) is 29.3 Å². The highest BCUT2D eigenvalue weighted by atomic mass is 32.1. The van der Waals surface area contributed by atoms with Gasteiger partial charge in [0.1, 0.15) is 5.82 Å². The van der Waals surface area contributed by atoms with Gasteiger partial charge in [-0.1, -0.05) is 12.2 Å². The SMILES string of the molecule is Cc1cc(C(=O)NC(C)CC(N)=S)ccc1F. The number of amides is 1. The molecular weight excluding hydrogens is 239 g/mol. The van der Waals surface area contributed by atoms with Gasteiger partial charge in [-0.2, -0.15) is 0 Å². The summed E-state index contributed by atoms with van der Waals surface area (Å²) in [5, 5.41) is 2.75. The Morgan fingerprint density at radius 1 is 1.59 bits per heavy atom. The molecule has 1 rings (SSSR count). The molecule has 1 atom stereocenters. The van der Waals surface area contributed by atoms with Crippen molar-refractivity contribution in [2.75, 3.05) is 0 Å². The maximum absolute atomic E-state index is 13.0. The van der Waals surface area contributed by atoms with E-state index in [1.54, 1.807) is 6.92 Å². The molecule has 3 N–H and O–H groups in total. The van der Waals surface area contributed by atoms with Gasteiger partial charge in [-0.25, -0.2) is 4.39 Å². The first-order valence-electron chi connectivity index (χ1n) is 5.25. The highest BCUT2D eigenvalue weighted by molar-refractivity contribution is 7.80. The first-order chi connectivity index (χ1) is 7.90. The number of aryl methyl sites for hydroxylation is 1. The molecule has 1 amide bonds. The number of carbonyl (C=O) groups excluding carboxylic acids is 1. The maximum Gasteiger partial charge on any atom is 0.251 e. The summed E-state index contributed by atoms with van der Waals surface area (Å²) >= 11 is 4.76. The van der Waals surface area contributed by atoms with Crippen molar-refractivity contribution in [2.24, 2.45) is 5.73 Å². The van der Waals surface area contributed by atoms with E-state index < -0.39 is 0 Å². The van der Waals surface area contributed by atoms with Gasteiger partial charge in [-0.3, -0.25) is 4.79 Å². The monoisotopic (exact) mass is 254 g/mol. The second-order valence-corrected chi connectivity index (χ2v) is 4.53. The van der Waals surface area contributed by atoms with Crippen LogP contribution in [0.5, 0.6) is 0 Å². The molecule has 0 aliphatic heterocycles. The number of halogens is 1. The van der Waals surface area contributed by atoms with Crippen LogP contribution in [0.15, 0.2) is 18.2 Å². The summed E-state index contributed by atoms with van der Waals surface area (Å²) in [4.78, 5) is 12.1. The van der Waals surface area contributed by atoms with Crippen molar-refractivity contribution in [1.82, 2.24) is 5.32 Å². The average Bonchev–Trinajstić information content (AvgIpc) is 2.20. The molecule has 0 radical (unpaired) electrons. The van der Waals surface area contributed by atoms with Gasteiger partial charge in [0, 0.05) is 18.0 Å². The highest BCUT2D eigenvalue weighted by Crippen LogP contribution is 2.09. The van der Waals surface area contributed by atoms with Crippen molar-refractivity contribution in [3.8, 4) is 0 Å². The fourth-order valence-corrected chi connectivity index (χ4v) is 1.70. The second-order valence-electron chi connectivity index (χ2n) is 4.01. The minimum absolute atomic E-state index is 0.134. The summed E-state index contributed by atoms with van der Waals surface area (Å²) in [7, 11) is 0. The Labute approximate surface area is 105 Å². The van der Waals surface area contributed by atoms with Crippen LogP contribution < -0.4 is 11.1 Å². The third-order valence-electron chi connectivity index (χ3n) is 2.30. The van der Waals surface area contributed by atoms with Crippen LogP contribution in [-0.4, -0.2) is 16.9 Å². The number of hydrogen-bond acceptors (Lipinski definition) is 2. The molecule has 17 heavy (non-hydrogen) atoms. The number of benzene rings is 1. The zero-order valence-electron chi connectivity index (χ0n) is 9.79. The summed E-state index contributed by atoms with van der Waals surface area (Å²) in [6.07, 6.45) is 0.446. The molecular formula is C12H15FN2OS. The predicted octanol–water partition coefficient (Wildman–Crippen LogP) is 1.93. The van der Waals surface area contributed by atoms with Crippen molar-refractivity contribution in [1.29, 1.82) is 0 Å². The first kappa shape index (κ1) is 13.6. The molecule has 1 unspecified atom stereocenters. The Hall–Kier alpha value is -1.49. The van der Waals surface area contributed by atoms with Crippen LogP contribution in [0.2, 0.25) is 0 Å². The summed E-state index contributed by atoms with van der Waals surface area (Å²) < 4.78 is 13.0. The molecule has 0 aliphatic rings. The molecule has 0 heterocycles.